The standard InChI is InChI=1S/C17H26N2O4/c1-19(2)16(20)12-23-15-6-4-3-5-14(15)11-18-13-17(21)7-9-22-10-8-17/h3-6,18,21H,7-13H2,1-2H3. The summed E-state index contributed by atoms with van der Waals surface area (Å²) < 4.78 is 10.9. The highest BCUT2D eigenvalue weighted by Crippen LogP contribution is 2.21. The number of hydrogen-bond acceptors (Lipinski definition) is 5. The van der Waals surface area contributed by atoms with Gasteiger partial charge in [-0.15, -0.1) is 0 Å². The molecular formula is C17H26N2O4. The number of benzene rings is 1. The Bertz CT molecular complexity index is 513. The molecule has 23 heavy (non-hydrogen) atoms. The van der Waals surface area contributed by atoms with Gasteiger partial charge >= 0.3 is 0 Å². The van der Waals surface area contributed by atoms with Crippen molar-refractivity contribution in [1.82, 2.24) is 10.2 Å². The van der Waals surface area contributed by atoms with Crippen LogP contribution < -0.4 is 10.1 Å². The van der Waals surface area contributed by atoms with Crippen molar-refractivity contribution < 1.29 is 19.4 Å². The van der Waals surface area contributed by atoms with E-state index in [2.05, 4.69) is 5.32 Å². The van der Waals surface area contributed by atoms with Crippen molar-refractivity contribution >= 4 is 5.91 Å². The summed E-state index contributed by atoms with van der Waals surface area (Å²) in [6, 6.07) is 7.62. The van der Waals surface area contributed by atoms with Crippen molar-refractivity contribution in [3.8, 4) is 5.75 Å². The van der Waals surface area contributed by atoms with Crippen LogP contribution >= 0.6 is 0 Å². The lowest BCUT2D eigenvalue weighted by molar-refractivity contribution is -0.130. The second-order valence-corrected chi connectivity index (χ2v) is 6.12. The number of para-hydroxylation sites is 1. The first-order valence-electron chi connectivity index (χ1n) is 7.92. The van der Waals surface area contributed by atoms with E-state index in [0.29, 0.717) is 44.9 Å². The Morgan fingerprint density at radius 3 is 2.74 bits per heavy atom. The fourth-order valence-corrected chi connectivity index (χ4v) is 2.42. The van der Waals surface area contributed by atoms with Gasteiger partial charge in [-0.2, -0.15) is 0 Å². The van der Waals surface area contributed by atoms with Crippen LogP contribution in [0.2, 0.25) is 0 Å². The van der Waals surface area contributed by atoms with Gasteiger partial charge in [-0.3, -0.25) is 4.79 Å². The quantitative estimate of drug-likeness (QED) is 0.776. The average molecular weight is 322 g/mol. The number of nitrogens with one attached hydrogen (secondary N) is 1. The van der Waals surface area contributed by atoms with Crippen LogP contribution in [0.5, 0.6) is 5.75 Å². The molecule has 1 fully saturated rings. The highest BCUT2D eigenvalue weighted by molar-refractivity contribution is 5.77. The van der Waals surface area contributed by atoms with Crippen LogP contribution in [0.25, 0.3) is 0 Å². The maximum atomic E-state index is 11.6. The zero-order chi connectivity index (χ0) is 16.7. The summed E-state index contributed by atoms with van der Waals surface area (Å²) in [7, 11) is 3.40. The van der Waals surface area contributed by atoms with Crippen LogP contribution in [-0.4, -0.2) is 62.0 Å². The van der Waals surface area contributed by atoms with Crippen molar-refractivity contribution in [2.24, 2.45) is 0 Å². The molecule has 1 heterocycles. The smallest absolute Gasteiger partial charge is 0.259 e. The largest absolute Gasteiger partial charge is 0.483 e. The van der Waals surface area contributed by atoms with Gasteiger partial charge < -0.3 is 24.8 Å². The van der Waals surface area contributed by atoms with Crippen molar-refractivity contribution in [3.05, 3.63) is 29.8 Å². The van der Waals surface area contributed by atoms with Crippen molar-refractivity contribution in [2.75, 3.05) is 40.5 Å². The van der Waals surface area contributed by atoms with E-state index >= 15 is 0 Å². The Morgan fingerprint density at radius 1 is 1.35 bits per heavy atom. The third-order valence-electron chi connectivity index (χ3n) is 4.02. The van der Waals surface area contributed by atoms with Crippen LogP contribution in [0, 0.1) is 0 Å². The normalized spacial score (nSPS) is 16.8. The van der Waals surface area contributed by atoms with Crippen LogP contribution in [0.3, 0.4) is 0 Å². The van der Waals surface area contributed by atoms with Gasteiger partial charge in [-0.1, -0.05) is 18.2 Å². The maximum absolute atomic E-state index is 11.6. The minimum absolute atomic E-state index is 0.0191. The van der Waals surface area contributed by atoms with E-state index < -0.39 is 5.60 Å². The molecule has 1 aromatic rings. The number of carbonyl (C=O) groups excluding carboxylic acids is 1. The van der Waals surface area contributed by atoms with Gasteiger partial charge in [0.2, 0.25) is 0 Å². The van der Waals surface area contributed by atoms with E-state index in [1.165, 1.54) is 4.90 Å². The van der Waals surface area contributed by atoms with E-state index in [0.717, 1.165) is 5.56 Å². The van der Waals surface area contributed by atoms with Crippen molar-refractivity contribution in [1.29, 1.82) is 0 Å². The van der Waals surface area contributed by atoms with E-state index in [1.54, 1.807) is 14.1 Å². The first-order chi connectivity index (χ1) is 11.0. The molecule has 0 unspecified atom stereocenters. The number of hydrogen-bond donors (Lipinski definition) is 2. The molecule has 0 atom stereocenters. The highest BCUT2D eigenvalue weighted by Gasteiger charge is 2.29. The number of likely N-dealkylation sites (N-methyl/N-ethyl adjacent to an activating group) is 1. The summed E-state index contributed by atoms with van der Waals surface area (Å²) in [6.07, 6.45) is 1.30. The number of carbonyl (C=O) groups is 1. The summed E-state index contributed by atoms with van der Waals surface area (Å²) in [5.74, 6) is 0.610. The third kappa shape index (κ3) is 5.49. The maximum Gasteiger partial charge on any atom is 0.259 e. The van der Waals surface area contributed by atoms with Gasteiger partial charge in [0, 0.05) is 58.8 Å². The van der Waals surface area contributed by atoms with Gasteiger partial charge in [-0.25, -0.2) is 0 Å². The Balaban J connectivity index is 1.86. The Labute approximate surface area is 137 Å². The number of amides is 1. The second-order valence-electron chi connectivity index (χ2n) is 6.12. The monoisotopic (exact) mass is 322 g/mol. The molecule has 6 heteroatoms. The summed E-state index contributed by atoms with van der Waals surface area (Å²) in [5, 5.41) is 13.7. The summed E-state index contributed by atoms with van der Waals surface area (Å²) in [4.78, 5) is 13.1. The minimum Gasteiger partial charge on any atom is -0.483 e. The number of rotatable bonds is 7. The van der Waals surface area contributed by atoms with Gasteiger partial charge in [0.25, 0.3) is 5.91 Å². The molecular weight excluding hydrogens is 296 g/mol. The predicted molar refractivity (Wildman–Crippen MR) is 87.3 cm³/mol. The highest BCUT2D eigenvalue weighted by atomic mass is 16.5. The lowest BCUT2D eigenvalue weighted by atomic mass is 9.94. The lowest BCUT2D eigenvalue weighted by Crippen LogP contribution is -2.44. The van der Waals surface area contributed by atoms with E-state index in [1.807, 2.05) is 24.3 Å². The molecule has 1 aliphatic rings. The fourth-order valence-electron chi connectivity index (χ4n) is 2.42. The molecule has 6 nitrogen and oxygen atoms in total. The molecule has 1 amide bonds. The molecule has 0 bridgehead atoms. The Hall–Kier alpha value is -1.63. The summed E-state index contributed by atoms with van der Waals surface area (Å²) in [6.45, 7) is 2.32. The molecule has 0 saturated carbocycles. The lowest BCUT2D eigenvalue weighted by Gasteiger charge is -2.32. The van der Waals surface area contributed by atoms with Gasteiger partial charge in [0.1, 0.15) is 5.75 Å². The molecule has 1 aliphatic heterocycles. The SMILES string of the molecule is CN(C)C(=O)COc1ccccc1CNCC1(O)CCOCC1. The van der Waals surface area contributed by atoms with E-state index in [-0.39, 0.29) is 12.5 Å². The molecule has 1 aromatic carbocycles. The molecule has 1 saturated heterocycles. The Morgan fingerprint density at radius 2 is 2.04 bits per heavy atom. The zero-order valence-corrected chi connectivity index (χ0v) is 13.9. The fraction of sp³-hybridized carbons (Fsp3) is 0.588. The second kappa shape index (κ2) is 8.29. The van der Waals surface area contributed by atoms with Crippen LogP contribution in [0.15, 0.2) is 24.3 Å². The van der Waals surface area contributed by atoms with Crippen molar-refractivity contribution in [2.45, 2.75) is 25.0 Å². The van der Waals surface area contributed by atoms with Crippen LogP contribution in [-0.2, 0) is 16.1 Å². The molecule has 0 aromatic heterocycles. The van der Waals surface area contributed by atoms with Gasteiger partial charge in [0.15, 0.2) is 6.61 Å². The number of aliphatic hydroxyl groups is 1. The predicted octanol–water partition coefficient (Wildman–Crippen LogP) is 0.785. The summed E-state index contributed by atoms with van der Waals surface area (Å²) >= 11 is 0. The topological polar surface area (TPSA) is 71.0 Å². The molecule has 0 radical (unpaired) electrons. The zero-order valence-electron chi connectivity index (χ0n) is 13.9. The average Bonchev–Trinajstić information content (AvgIpc) is 2.54. The minimum atomic E-state index is -0.699. The van der Waals surface area contributed by atoms with Gasteiger partial charge in [-0.05, 0) is 6.07 Å². The molecule has 128 valence electrons. The number of nitrogens with zero attached hydrogens (tertiary/aromatic N) is 1. The van der Waals surface area contributed by atoms with Crippen molar-refractivity contribution in [3.63, 3.8) is 0 Å². The Kier molecular flexibility index (Phi) is 6.38. The van der Waals surface area contributed by atoms with Crippen LogP contribution in [0.1, 0.15) is 18.4 Å². The van der Waals surface area contributed by atoms with Gasteiger partial charge in [0.05, 0.1) is 5.60 Å². The van der Waals surface area contributed by atoms with Crippen LogP contribution in [0.4, 0.5) is 0 Å². The first kappa shape index (κ1) is 17.7. The van der Waals surface area contributed by atoms with E-state index in [9.17, 15) is 9.90 Å². The first-order valence-corrected chi connectivity index (χ1v) is 7.92. The number of ether oxygens (including phenoxy) is 2. The van der Waals surface area contributed by atoms with E-state index in [4.69, 9.17) is 9.47 Å². The molecule has 2 rings (SSSR count). The molecule has 0 spiro atoms. The summed E-state index contributed by atoms with van der Waals surface area (Å²) in [5.41, 5.74) is 0.268. The molecule has 2 N–H and O–H groups in total. The molecule has 0 aliphatic carbocycles. The third-order valence-corrected chi connectivity index (χ3v) is 4.02.